The Kier molecular flexibility index (Phi) is 2.98. The Morgan fingerprint density at radius 1 is 1.47 bits per heavy atom. The smallest absolute Gasteiger partial charge is 0.244 e. The first-order chi connectivity index (χ1) is 7.31. The second kappa shape index (κ2) is 4.24. The minimum absolute atomic E-state index is 0.647. The number of hydrogen-bond acceptors (Lipinski definition) is 4. The summed E-state index contributed by atoms with van der Waals surface area (Å²) in [6, 6.07) is 5.72. The van der Waals surface area contributed by atoms with E-state index in [9.17, 15) is 4.79 Å². The summed E-state index contributed by atoms with van der Waals surface area (Å²) in [6.07, 6.45) is 3.97. The van der Waals surface area contributed by atoms with Crippen LogP contribution in [0.3, 0.4) is 0 Å². The van der Waals surface area contributed by atoms with Gasteiger partial charge in [-0.05, 0) is 12.3 Å². The van der Waals surface area contributed by atoms with Crippen LogP contribution in [0.1, 0.15) is 4.88 Å². The summed E-state index contributed by atoms with van der Waals surface area (Å²) in [5.41, 5.74) is 0. The van der Waals surface area contributed by atoms with Crippen LogP contribution in [0, 0.1) is 0 Å². The van der Waals surface area contributed by atoms with Crippen LogP contribution in [0.15, 0.2) is 22.4 Å². The molecule has 0 saturated carbocycles. The van der Waals surface area contributed by atoms with Crippen LogP contribution in [0.4, 0.5) is 0 Å². The molecular formula is C11H9O2S2. The Hall–Kier alpha value is -1.00. The van der Waals surface area contributed by atoms with E-state index in [4.69, 9.17) is 4.74 Å². The molecule has 2 rings (SSSR count). The quantitative estimate of drug-likeness (QED) is 0.767. The van der Waals surface area contributed by atoms with E-state index in [2.05, 4.69) is 0 Å². The number of carbonyl (C=O) groups excluding carboxylic acids is 1. The lowest BCUT2D eigenvalue weighted by Gasteiger charge is -2.02. The summed E-state index contributed by atoms with van der Waals surface area (Å²) < 4.78 is 6.39. The fraction of sp³-hybridized carbons (Fsp3) is 0.182. The van der Waals surface area contributed by atoms with Gasteiger partial charge in [0.1, 0.15) is 5.75 Å². The number of fused-ring (bicyclic) bond motifs is 1. The maximum atomic E-state index is 10.8. The molecule has 0 aliphatic rings. The van der Waals surface area contributed by atoms with Crippen molar-refractivity contribution in [2.75, 3.05) is 13.4 Å². The third kappa shape index (κ3) is 1.64. The van der Waals surface area contributed by atoms with Crippen molar-refractivity contribution in [3.05, 3.63) is 23.1 Å². The average Bonchev–Trinajstić information content (AvgIpc) is 2.66. The predicted molar refractivity (Wildman–Crippen MR) is 65.0 cm³/mol. The van der Waals surface area contributed by atoms with Crippen LogP contribution in [0.2, 0.25) is 0 Å². The molecule has 2 aromatic rings. The van der Waals surface area contributed by atoms with E-state index in [1.807, 2.05) is 30.7 Å². The molecule has 0 saturated heterocycles. The Balaban J connectivity index is 2.84. The summed E-state index contributed by atoms with van der Waals surface area (Å²) in [6.45, 7) is 0. The normalized spacial score (nSPS) is 10.5. The Bertz CT molecular complexity index is 503. The molecule has 0 unspecified atom stereocenters. The molecule has 0 fully saturated rings. The van der Waals surface area contributed by atoms with Crippen molar-refractivity contribution in [2.24, 2.45) is 0 Å². The molecule has 1 aromatic heterocycles. The van der Waals surface area contributed by atoms with Crippen LogP contribution in [-0.4, -0.2) is 19.7 Å². The van der Waals surface area contributed by atoms with E-state index in [-0.39, 0.29) is 0 Å². The topological polar surface area (TPSA) is 26.3 Å². The predicted octanol–water partition coefficient (Wildman–Crippen LogP) is 3.09. The zero-order valence-corrected chi connectivity index (χ0v) is 10.00. The number of rotatable bonds is 3. The molecule has 0 spiro atoms. The number of ether oxygens (including phenoxy) is 1. The second-order valence-electron chi connectivity index (χ2n) is 2.91. The Morgan fingerprint density at radius 2 is 2.27 bits per heavy atom. The molecule has 1 heterocycles. The van der Waals surface area contributed by atoms with Gasteiger partial charge in [-0.1, -0.05) is 12.1 Å². The van der Waals surface area contributed by atoms with E-state index in [1.54, 1.807) is 18.9 Å². The van der Waals surface area contributed by atoms with Gasteiger partial charge in [0, 0.05) is 10.8 Å². The summed E-state index contributed by atoms with van der Waals surface area (Å²) >= 11 is 3.09. The van der Waals surface area contributed by atoms with E-state index in [0.717, 1.165) is 20.7 Å². The fourth-order valence-corrected chi connectivity index (χ4v) is 3.34. The van der Waals surface area contributed by atoms with Crippen LogP contribution in [0.5, 0.6) is 5.75 Å². The summed E-state index contributed by atoms with van der Waals surface area (Å²) in [5, 5.41) is 1.95. The molecule has 2 nitrogen and oxygen atoms in total. The van der Waals surface area contributed by atoms with Gasteiger partial charge in [-0.3, -0.25) is 4.79 Å². The summed E-state index contributed by atoms with van der Waals surface area (Å²) in [7, 11) is 1.64. The number of hydrogen-bond donors (Lipinski definition) is 0. The van der Waals surface area contributed by atoms with Gasteiger partial charge in [-0.2, -0.15) is 0 Å². The Morgan fingerprint density at radius 3 is 2.87 bits per heavy atom. The summed E-state index contributed by atoms with van der Waals surface area (Å²) in [4.78, 5) is 11.4. The first-order valence-corrected chi connectivity index (χ1v) is 6.37. The number of thiophene rings is 1. The largest absolute Gasteiger partial charge is 0.496 e. The van der Waals surface area contributed by atoms with Gasteiger partial charge in [0.05, 0.1) is 16.2 Å². The lowest BCUT2D eigenvalue weighted by Crippen LogP contribution is -1.83. The third-order valence-electron chi connectivity index (χ3n) is 2.17. The summed E-state index contributed by atoms with van der Waals surface area (Å²) in [5.74, 6) is 0.814. The van der Waals surface area contributed by atoms with Crippen molar-refractivity contribution in [1.82, 2.24) is 0 Å². The van der Waals surface area contributed by atoms with Gasteiger partial charge >= 0.3 is 0 Å². The number of benzene rings is 1. The highest BCUT2D eigenvalue weighted by Crippen LogP contribution is 2.41. The lowest BCUT2D eigenvalue weighted by molar-refractivity contribution is 0.419. The highest BCUT2D eigenvalue weighted by molar-refractivity contribution is 8.00. The molecule has 0 bridgehead atoms. The lowest BCUT2D eigenvalue weighted by atomic mass is 10.2. The van der Waals surface area contributed by atoms with Crippen molar-refractivity contribution in [3.63, 3.8) is 0 Å². The number of methoxy groups -OCH3 is 1. The molecule has 0 N–H and O–H groups in total. The molecule has 77 valence electrons. The zero-order valence-electron chi connectivity index (χ0n) is 8.37. The Labute approximate surface area is 96.2 Å². The molecule has 0 aliphatic heterocycles. The van der Waals surface area contributed by atoms with E-state index in [1.165, 1.54) is 11.3 Å². The monoisotopic (exact) mass is 237 g/mol. The van der Waals surface area contributed by atoms with Gasteiger partial charge in [-0.25, -0.2) is 0 Å². The van der Waals surface area contributed by atoms with Gasteiger partial charge in [0.15, 0.2) is 0 Å². The van der Waals surface area contributed by atoms with Crippen LogP contribution in [0.25, 0.3) is 10.8 Å². The van der Waals surface area contributed by atoms with Crippen molar-refractivity contribution >= 4 is 40.2 Å². The fourth-order valence-electron chi connectivity index (χ4n) is 1.52. The van der Waals surface area contributed by atoms with Gasteiger partial charge in [-0.15, -0.1) is 23.1 Å². The maximum Gasteiger partial charge on any atom is 0.244 e. The van der Waals surface area contributed by atoms with Crippen molar-refractivity contribution in [2.45, 2.75) is 4.21 Å². The second-order valence-corrected chi connectivity index (χ2v) is 5.00. The minimum Gasteiger partial charge on any atom is -0.496 e. The highest BCUT2D eigenvalue weighted by Gasteiger charge is 2.14. The molecule has 1 radical (unpaired) electrons. The van der Waals surface area contributed by atoms with E-state index < -0.39 is 0 Å². The van der Waals surface area contributed by atoms with Crippen LogP contribution >= 0.6 is 23.1 Å². The van der Waals surface area contributed by atoms with E-state index >= 15 is 0 Å². The molecular weight excluding hydrogens is 228 g/mol. The number of thioether (sulfide) groups is 1. The third-order valence-corrected chi connectivity index (χ3v) is 4.39. The average molecular weight is 237 g/mol. The van der Waals surface area contributed by atoms with Gasteiger partial charge in [0.2, 0.25) is 6.29 Å². The van der Waals surface area contributed by atoms with Crippen molar-refractivity contribution in [3.8, 4) is 5.75 Å². The zero-order chi connectivity index (χ0) is 10.8. The molecule has 1 aromatic carbocycles. The molecule has 0 atom stereocenters. The van der Waals surface area contributed by atoms with Crippen LogP contribution in [-0.2, 0) is 4.79 Å². The molecule has 4 heteroatoms. The van der Waals surface area contributed by atoms with Crippen LogP contribution < -0.4 is 4.74 Å². The van der Waals surface area contributed by atoms with Crippen molar-refractivity contribution in [1.29, 1.82) is 0 Å². The SMILES string of the molecule is COc1cccc2c([C]=O)sc(SC)c12. The van der Waals surface area contributed by atoms with Gasteiger partial charge in [0.25, 0.3) is 0 Å². The standard InChI is InChI=1S/C11H9O2S2/c1-13-8-5-3-4-7-9(6-12)15-11(14-2)10(7)8/h3-5H,1-2H3. The minimum atomic E-state index is 0.647. The molecule has 0 aliphatic carbocycles. The van der Waals surface area contributed by atoms with E-state index in [0.29, 0.717) is 4.88 Å². The molecule has 15 heavy (non-hydrogen) atoms. The maximum absolute atomic E-state index is 10.8. The van der Waals surface area contributed by atoms with Crippen molar-refractivity contribution < 1.29 is 9.53 Å². The van der Waals surface area contributed by atoms with Gasteiger partial charge < -0.3 is 4.74 Å². The molecule has 0 amide bonds. The highest BCUT2D eigenvalue weighted by atomic mass is 32.2. The first-order valence-electron chi connectivity index (χ1n) is 4.33. The first kappa shape index (κ1) is 10.5.